The van der Waals surface area contributed by atoms with Crippen molar-refractivity contribution in [3.05, 3.63) is 36.1 Å². The molecule has 7 nitrogen and oxygen atoms in total. The molecule has 9 heteroatoms. The highest BCUT2D eigenvalue weighted by molar-refractivity contribution is 8.01. The highest BCUT2D eigenvalue weighted by Gasteiger charge is 2.17. The average molecular weight is 371 g/mol. The van der Waals surface area contributed by atoms with Gasteiger partial charge in [-0.3, -0.25) is 9.59 Å². The highest BCUT2D eigenvalue weighted by atomic mass is 35.5. The van der Waals surface area contributed by atoms with Gasteiger partial charge in [-0.05, 0) is 26.0 Å². The third kappa shape index (κ3) is 5.78. The SMILES string of the molecule is Cc1cc(NC(=O)C(C)SCC(=O)Nc2ccccc2N)no1.Cl. The van der Waals surface area contributed by atoms with Crippen LogP contribution < -0.4 is 16.4 Å². The number of nitrogens with two attached hydrogens (primary N) is 1. The predicted molar refractivity (Wildman–Crippen MR) is 98.5 cm³/mol. The number of nitrogen functional groups attached to an aromatic ring is 1. The number of anilines is 3. The van der Waals surface area contributed by atoms with E-state index in [2.05, 4.69) is 15.8 Å². The lowest BCUT2D eigenvalue weighted by Crippen LogP contribution is -2.25. The summed E-state index contributed by atoms with van der Waals surface area (Å²) >= 11 is 1.22. The van der Waals surface area contributed by atoms with Gasteiger partial charge < -0.3 is 20.9 Å². The van der Waals surface area contributed by atoms with Gasteiger partial charge in [0.25, 0.3) is 0 Å². The largest absolute Gasteiger partial charge is 0.397 e. The fraction of sp³-hybridized carbons (Fsp3) is 0.267. The fourth-order valence-corrected chi connectivity index (χ4v) is 2.41. The van der Waals surface area contributed by atoms with E-state index in [1.54, 1.807) is 44.2 Å². The zero-order valence-electron chi connectivity index (χ0n) is 13.2. The highest BCUT2D eigenvalue weighted by Crippen LogP contribution is 2.18. The predicted octanol–water partition coefficient (Wildman–Crippen LogP) is 2.69. The summed E-state index contributed by atoms with van der Waals surface area (Å²) in [5.74, 6) is 0.655. The number of amides is 2. The molecule has 1 atom stereocenters. The van der Waals surface area contributed by atoms with Crippen molar-refractivity contribution in [1.82, 2.24) is 5.16 Å². The molecule has 2 amide bonds. The van der Waals surface area contributed by atoms with E-state index < -0.39 is 5.25 Å². The van der Waals surface area contributed by atoms with E-state index in [0.29, 0.717) is 23.0 Å². The van der Waals surface area contributed by atoms with E-state index in [1.165, 1.54) is 11.8 Å². The lowest BCUT2D eigenvalue weighted by atomic mass is 10.3. The summed E-state index contributed by atoms with van der Waals surface area (Å²) in [6, 6.07) is 8.63. The first-order valence-electron chi connectivity index (χ1n) is 6.96. The smallest absolute Gasteiger partial charge is 0.238 e. The maximum Gasteiger partial charge on any atom is 0.238 e. The second-order valence-corrected chi connectivity index (χ2v) is 6.23. The van der Waals surface area contributed by atoms with Crippen LogP contribution in [0.25, 0.3) is 0 Å². The zero-order chi connectivity index (χ0) is 16.8. The van der Waals surface area contributed by atoms with Crippen LogP contribution in [0.1, 0.15) is 12.7 Å². The first kappa shape index (κ1) is 19.9. The second kappa shape index (κ2) is 9.19. The van der Waals surface area contributed by atoms with Gasteiger partial charge in [-0.1, -0.05) is 17.3 Å². The molecule has 1 aromatic heterocycles. The van der Waals surface area contributed by atoms with Gasteiger partial charge in [-0.15, -0.1) is 24.2 Å². The summed E-state index contributed by atoms with van der Waals surface area (Å²) in [6.45, 7) is 3.46. The third-order valence-electron chi connectivity index (χ3n) is 2.95. The Morgan fingerprint density at radius 1 is 1.33 bits per heavy atom. The van der Waals surface area contributed by atoms with E-state index in [4.69, 9.17) is 10.3 Å². The Kier molecular flexibility index (Phi) is 7.60. The minimum absolute atomic E-state index is 0. The standard InChI is InChI=1S/C15H18N4O3S.ClH/c1-9-7-13(19-22-9)18-15(21)10(2)23-8-14(20)17-12-6-4-3-5-11(12)16;/h3-7,10H,8,16H2,1-2H3,(H,17,20)(H,18,19,21);1H. The van der Waals surface area contributed by atoms with Gasteiger partial charge in [0.2, 0.25) is 11.8 Å². The average Bonchev–Trinajstić information content (AvgIpc) is 2.92. The maximum absolute atomic E-state index is 12.0. The van der Waals surface area contributed by atoms with Crippen molar-refractivity contribution in [1.29, 1.82) is 0 Å². The van der Waals surface area contributed by atoms with Crippen molar-refractivity contribution in [2.45, 2.75) is 19.1 Å². The van der Waals surface area contributed by atoms with E-state index in [9.17, 15) is 9.59 Å². The number of aryl methyl sites for hydroxylation is 1. The molecule has 1 unspecified atom stereocenters. The van der Waals surface area contributed by atoms with Gasteiger partial charge >= 0.3 is 0 Å². The topological polar surface area (TPSA) is 110 Å². The normalized spacial score (nSPS) is 11.2. The molecule has 0 saturated carbocycles. The first-order chi connectivity index (χ1) is 11.0. The van der Waals surface area contributed by atoms with Crippen molar-refractivity contribution >= 4 is 53.2 Å². The molecule has 0 spiro atoms. The summed E-state index contributed by atoms with van der Waals surface area (Å²) in [5.41, 5.74) is 6.82. The van der Waals surface area contributed by atoms with Crippen LogP contribution in [-0.2, 0) is 9.59 Å². The van der Waals surface area contributed by atoms with Gasteiger partial charge in [0, 0.05) is 6.07 Å². The van der Waals surface area contributed by atoms with Crippen LogP contribution in [0.15, 0.2) is 34.9 Å². The van der Waals surface area contributed by atoms with E-state index in [-0.39, 0.29) is 30.0 Å². The summed E-state index contributed by atoms with van der Waals surface area (Å²) in [4.78, 5) is 23.9. The van der Waals surface area contributed by atoms with Crippen molar-refractivity contribution in [2.24, 2.45) is 0 Å². The minimum atomic E-state index is -0.411. The Morgan fingerprint density at radius 2 is 2.04 bits per heavy atom. The number of carbonyl (C=O) groups excluding carboxylic acids is 2. The number of thioether (sulfide) groups is 1. The van der Waals surface area contributed by atoms with E-state index in [0.717, 1.165) is 0 Å². The van der Waals surface area contributed by atoms with Crippen LogP contribution in [0.2, 0.25) is 0 Å². The monoisotopic (exact) mass is 370 g/mol. The second-order valence-electron chi connectivity index (χ2n) is 4.90. The Morgan fingerprint density at radius 3 is 2.67 bits per heavy atom. The summed E-state index contributed by atoms with van der Waals surface area (Å²) < 4.78 is 4.87. The summed E-state index contributed by atoms with van der Waals surface area (Å²) in [6.07, 6.45) is 0. The summed E-state index contributed by atoms with van der Waals surface area (Å²) in [5, 5.41) is 8.62. The van der Waals surface area contributed by atoms with Gasteiger partial charge in [0.1, 0.15) is 5.76 Å². The van der Waals surface area contributed by atoms with Crippen LogP contribution >= 0.6 is 24.2 Å². The lowest BCUT2D eigenvalue weighted by molar-refractivity contribution is -0.115. The first-order valence-corrected chi connectivity index (χ1v) is 8.00. The number of benzene rings is 1. The lowest BCUT2D eigenvalue weighted by Gasteiger charge is -2.11. The van der Waals surface area contributed by atoms with Crippen LogP contribution in [-0.4, -0.2) is 28.0 Å². The number of nitrogens with one attached hydrogen (secondary N) is 2. The number of hydrogen-bond donors (Lipinski definition) is 3. The molecule has 1 heterocycles. The van der Waals surface area contributed by atoms with Crippen molar-refractivity contribution < 1.29 is 14.1 Å². The van der Waals surface area contributed by atoms with Crippen molar-refractivity contribution in [2.75, 3.05) is 22.1 Å². The van der Waals surface area contributed by atoms with Crippen LogP contribution in [0.5, 0.6) is 0 Å². The van der Waals surface area contributed by atoms with Crippen LogP contribution in [0.3, 0.4) is 0 Å². The zero-order valence-corrected chi connectivity index (χ0v) is 14.9. The Balaban J connectivity index is 0.00000288. The van der Waals surface area contributed by atoms with E-state index in [1.807, 2.05) is 0 Å². The minimum Gasteiger partial charge on any atom is -0.397 e. The van der Waals surface area contributed by atoms with Gasteiger partial charge in [0.05, 0.1) is 22.4 Å². The van der Waals surface area contributed by atoms with Crippen molar-refractivity contribution in [3.8, 4) is 0 Å². The Bertz CT molecular complexity index is 708. The number of aromatic nitrogens is 1. The van der Waals surface area contributed by atoms with Gasteiger partial charge in [-0.25, -0.2) is 0 Å². The number of nitrogens with zero attached hydrogens (tertiary/aromatic N) is 1. The molecule has 0 fully saturated rings. The maximum atomic E-state index is 12.0. The molecule has 0 bridgehead atoms. The molecule has 2 aromatic rings. The molecule has 0 saturated heterocycles. The Labute approximate surface area is 150 Å². The molecular weight excluding hydrogens is 352 g/mol. The van der Waals surface area contributed by atoms with Gasteiger partial charge in [0.15, 0.2) is 5.82 Å². The van der Waals surface area contributed by atoms with Crippen LogP contribution in [0.4, 0.5) is 17.2 Å². The molecule has 0 aliphatic carbocycles. The molecule has 4 N–H and O–H groups in total. The molecule has 0 aliphatic heterocycles. The molecule has 0 aliphatic rings. The fourth-order valence-electron chi connectivity index (χ4n) is 1.73. The summed E-state index contributed by atoms with van der Waals surface area (Å²) in [7, 11) is 0. The third-order valence-corrected chi connectivity index (χ3v) is 4.09. The molecule has 0 radical (unpaired) electrons. The molecular formula is C15H19ClN4O3S. The number of carbonyl (C=O) groups is 2. The number of rotatable bonds is 6. The van der Waals surface area contributed by atoms with E-state index >= 15 is 0 Å². The van der Waals surface area contributed by atoms with Crippen molar-refractivity contribution in [3.63, 3.8) is 0 Å². The molecule has 130 valence electrons. The Hall–Kier alpha value is -2.19. The quantitative estimate of drug-likeness (QED) is 0.674. The van der Waals surface area contributed by atoms with Crippen LogP contribution in [0, 0.1) is 6.92 Å². The molecule has 2 rings (SSSR count). The number of para-hydroxylation sites is 2. The molecule has 24 heavy (non-hydrogen) atoms. The number of halogens is 1. The molecule has 1 aromatic carbocycles. The van der Waals surface area contributed by atoms with Gasteiger partial charge in [-0.2, -0.15) is 0 Å². The number of hydrogen-bond acceptors (Lipinski definition) is 6.